The van der Waals surface area contributed by atoms with Crippen molar-refractivity contribution in [3.05, 3.63) is 66.2 Å². The lowest BCUT2D eigenvalue weighted by Gasteiger charge is -2.31. The SMILES string of the molecule is CC[C@@H](C(=O)NCC(C)C)N(Cc1ccccc1)C(=O)CCCN(c1ccccc1)S(C)(=O)=O. The van der Waals surface area contributed by atoms with Crippen LogP contribution in [0.25, 0.3) is 0 Å². The molecule has 0 unspecified atom stereocenters. The zero-order chi connectivity index (χ0) is 25.1. The molecular weight excluding hydrogens is 450 g/mol. The third-order valence-electron chi connectivity index (χ3n) is 5.46. The number of benzene rings is 2. The normalized spacial score (nSPS) is 12.3. The van der Waals surface area contributed by atoms with Crippen LogP contribution in [-0.2, 0) is 26.2 Å². The molecule has 0 radical (unpaired) electrons. The lowest BCUT2D eigenvalue weighted by Crippen LogP contribution is -2.49. The highest BCUT2D eigenvalue weighted by Gasteiger charge is 2.28. The second-order valence-corrected chi connectivity index (χ2v) is 10.8. The topological polar surface area (TPSA) is 86.8 Å². The maximum absolute atomic E-state index is 13.3. The van der Waals surface area contributed by atoms with E-state index < -0.39 is 16.1 Å². The number of hydrogen-bond donors (Lipinski definition) is 1. The molecule has 0 saturated carbocycles. The third kappa shape index (κ3) is 8.48. The van der Waals surface area contributed by atoms with Crippen LogP contribution in [0.4, 0.5) is 5.69 Å². The van der Waals surface area contributed by atoms with E-state index in [-0.39, 0.29) is 24.8 Å². The number of hydrogen-bond acceptors (Lipinski definition) is 4. The Morgan fingerprint density at radius 1 is 0.971 bits per heavy atom. The number of sulfonamides is 1. The van der Waals surface area contributed by atoms with E-state index >= 15 is 0 Å². The zero-order valence-electron chi connectivity index (χ0n) is 20.6. The monoisotopic (exact) mass is 487 g/mol. The summed E-state index contributed by atoms with van der Waals surface area (Å²) in [7, 11) is -3.49. The molecule has 186 valence electrons. The van der Waals surface area contributed by atoms with Gasteiger partial charge in [-0.25, -0.2) is 8.42 Å². The lowest BCUT2D eigenvalue weighted by molar-refractivity contribution is -0.141. The summed E-state index contributed by atoms with van der Waals surface area (Å²) in [6.45, 7) is 6.99. The Kier molecular flexibility index (Phi) is 10.6. The van der Waals surface area contributed by atoms with Crippen LogP contribution >= 0.6 is 0 Å². The van der Waals surface area contributed by atoms with Crippen LogP contribution in [0.3, 0.4) is 0 Å². The molecular formula is C26H37N3O4S. The van der Waals surface area contributed by atoms with Crippen molar-refractivity contribution >= 4 is 27.5 Å². The number of nitrogens with zero attached hydrogens (tertiary/aromatic N) is 2. The molecule has 2 rings (SSSR count). The molecule has 0 bridgehead atoms. The summed E-state index contributed by atoms with van der Waals surface area (Å²) in [5.74, 6) is -0.0286. The Morgan fingerprint density at radius 3 is 2.09 bits per heavy atom. The Hall–Kier alpha value is -2.87. The summed E-state index contributed by atoms with van der Waals surface area (Å²) in [5, 5.41) is 2.95. The highest BCUT2D eigenvalue weighted by molar-refractivity contribution is 7.92. The summed E-state index contributed by atoms with van der Waals surface area (Å²) >= 11 is 0. The van der Waals surface area contributed by atoms with Gasteiger partial charge >= 0.3 is 0 Å². The minimum absolute atomic E-state index is 0.139. The molecule has 2 aromatic rings. The smallest absolute Gasteiger partial charge is 0.242 e. The molecule has 1 atom stereocenters. The molecule has 1 N–H and O–H groups in total. The first-order chi connectivity index (χ1) is 16.1. The predicted molar refractivity (Wildman–Crippen MR) is 137 cm³/mol. The van der Waals surface area contributed by atoms with Crippen molar-refractivity contribution in [1.82, 2.24) is 10.2 Å². The number of rotatable bonds is 13. The van der Waals surface area contributed by atoms with E-state index in [1.807, 2.05) is 57.2 Å². The van der Waals surface area contributed by atoms with Crippen molar-refractivity contribution < 1.29 is 18.0 Å². The van der Waals surface area contributed by atoms with Crippen LogP contribution in [0.2, 0.25) is 0 Å². The van der Waals surface area contributed by atoms with Gasteiger partial charge in [0, 0.05) is 26.1 Å². The van der Waals surface area contributed by atoms with Crippen LogP contribution in [0.5, 0.6) is 0 Å². The maximum atomic E-state index is 13.3. The van der Waals surface area contributed by atoms with E-state index in [2.05, 4.69) is 5.32 Å². The van der Waals surface area contributed by atoms with Crippen molar-refractivity contribution in [3.63, 3.8) is 0 Å². The van der Waals surface area contributed by atoms with Crippen LogP contribution in [0.15, 0.2) is 60.7 Å². The molecule has 8 heteroatoms. The third-order valence-corrected chi connectivity index (χ3v) is 6.66. The highest BCUT2D eigenvalue weighted by atomic mass is 32.2. The van der Waals surface area contributed by atoms with Crippen molar-refractivity contribution in [2.75, 3.05) is 23.7 Å². The molecule has 0 heterocycles. The van der Waals surface area contributed by atoms with Crippen LogP contribution in [0, 0.1) is 5.92 Å². The van der Waals surface area contributed by atoms with Crippen molar-refractivity contribution in [2.24, 2.45) is 5.92 Å². The Morgan fingerprint density at radius 2 is 1.56 bits per heavy atom. The van der Waals surface area contributed by atoms with Crippen molar-refractivity contribution in [3.8, 4) is 0 Å². The minimum Gasteiger partial charge on any atom is -0.354 e. The number of nitrogens with one attached hydrogen (secondary N) is 1. The lowest BCUT2D eigenvalue weighted by atomic mass is 10.1. The van der Waals surface area contributed by atoms with Gasteiger partial charge in [0.05, 0.1) is 11.9 Å². The van der Waals surface area contributed by atoms with E-state index in [4.69, 9.17) is 0 Å². The quantitative estimate of drug-likeness (QED) is 0.465. The second-order valence-electron chi connectivity index (χ2n) is 8.84. The van der Waals surface area contributed by atoms with Crippen LogP contribution < -0.4 is 9.62 Å². The molecule has 2 aromatic carbocycles. The summed E-state index contributed by atoms with van der Waals surface area (Å²) in [6, 6.07) is 17.8. The van der Waals surface area contributed by atoms with E-state index in [1.54, 1.807) is 29.2 Å². The van der Waals surface area contributed by atoms with Gasteiger partial charge in [-0.15, -0.1) is 0 Å². The number of amides is 2. The summed E-state index contributed by atoms with van der Waals surface area (Å²) < 4.78 is 26.0. The zero-order valence-corrected chi connectivity index (χ0v) is 21.4. The first-order valence-electron chi connectivity index (χ1n) is 11.8. The summed E-state index contributed by atoms with van der Waals surface area (Å²) in [6.07, 6.45) is 2.13. The van der Waals surface area contributed by atoms with Gasteiger partial charge < -0.3 is 10.2 Å². The van der Waals surface area contributed by atoms with E-state index in [9.17, 15) is 18.0 Å². The average Bonchev–Trinajstić information content (AvgIpc) is 2.80. The highest BCUT2D eigenvalue weighted by Crippen LogP contribution is 2.19. The van der Waals surface area contributed by atoms with E-state index in [0.29, 0.717) is 37.5 Å². The first kappa shape index (κ1) is 27.4. The number of anilines is 1. The summed E-state index contributed by atoms with van der Waals surface area (Å²) in [4.78, 5) is 27.9. The van der Waals surface area contributed by atoms with Crippen LogP contribution in [0.1, 0.15) is 45.6 Å². The first-order valence-corrected chi connectivity index (χ1v) is 13.6. The van der Waals surface area contributed by atoms with Gasteiger partial charge in [0.25, 0.3) is 0 Å². The van der Waals surface area contributed by atoms with E-state index in [1.165, 1.54) is 4.31 Å². The standard InChI is InChI=1S/C26H37N3O4S/c1-5-24(26(31)27-19-21(2)3)28(20-22-13-8-6-9-14-22)25(30)17-12-18-29(34(4,32)33)23-15-10-7-11-16-23/h6-11,13-16,21,24H,5,12,17-20H2,1-4H3,(H,27,31)/t24-/m0/s1. The molecule has 0 fully saturated rings. The molecule has 0 saturated heterocycles. The van der Waals surface area contributed by atoms with Gasteiger partial charge in [-0.3, -0.25) is 13.9 Å². The van der Waals surface area contributed by atoms with Crippen LogP contribution in [-0.4, -0.2) is 50.5 Å². The minimum atomic E-state index is -3.49. The Labute approximate surface area is 204 Å². The second kappa shape index (κ2) is 13.1. The van der Waals surface area contributed by atoms with Crippen molar-refractivity contribution in [2.45, 2.75) is 52.6 Å². The number of carbonyl (C=O) groups is 2. The predicted octanol–water partition coefficient (Wildman–Crippen LogP) is 3.81. The largest absolute Gasteiger partial charge is 0.354 e. The molecule has 0 spiro atoms. The van der Waals surface area contributed by atoms with E-state index in [0.717, 1.165) is 11.8 Å². The maximum Gasteiger partial charge on any atom is 0.242 e. The molecule has 0 aliphatic carbocycles. The van der Waals surface area contributed by atoms with Gasteiger partial charge in [-0.05, 0) is 36.5 Å². The fourth-order valence-electron chi connectivity index (χ4n) is 3.72. The molecule has 34 heavy (non-hydrogen) atoms. The molecule has 2 amide bonds. The summed E-state index contributed by atoms with van der Waals surface area (Å²) in [5.41, 5.74) is 1.51. The number of para-hydroxylation sites is 1. The number of carbonyl (C=O) groups excluding carboxylic acids is 2. The molecule has 0 aliphatic rings. The molecule has 0 aliphatic heterocycles. The van der Waals surface area contributed by atoms with Gasteiger partial charge in [0.2, 0.25) is 21.8 Å². The Balaban J connectivity index is 2.16. The fraction of sp³-hybridized carbons (Fsp3) is 0.462. The van der Waals surface area contributed by atoms with Gasteiger partial charge in [-0.2, -0.15) is 0 Å². The Bertz CT molecular complexity index is 1010. The molecule has 0 aromatic heterocycles. The van der Waals surface area contributed by atoms with Crippen molar-refractivity contribution in [1.29, 1.82) is 0 Å². The fourth-order valence-corrected chi connectivity index (χ4v) is 4.69. The average molecular weight is 488 g/mol. The van der Waals surface area contributed by atoms with Gasteiger partial charge in [0.15, 0.2) is 0 Å². The van der Waals surface area contributed by atoms with Gasteiger partial charge in [-0.1, -0.05) is 69.3 Å². The van der Waals surface area contributed by atoms with Gasteiger partial charge in [0.1, 0.15) is 6.04 Å². The molecule has 7 nitrogen and oxygen atoms in total.